The van der Waals surface area contributed by atoms with E-state index in [2.05, 4.69) is 19.2 Å². The van der Waals surface area contributed by atoms with Gasteiger partial charge in [-0.05, 0) is 54.3 Å². The van der Waals surface area contributed by atoms with E-state index in [0.717, 1.165) is 17.0 Å². The van der Waals surface area contributed by atoms with Gasteiger partial charge < -0.3 is 15.0 Å². The summed E-state index contributed by atoms with van der Waals surface area (Å²) in [5.41, 5.74) is 2.30. The first kappa shape index (κ1) is 20.5. The van der Waals surface area contributed by atoms with E-state index in [4.69, 9.17) is 4.74 Å². The number of anilines is 1. The predicted molar refractivity (Wildman–Crippen MR) is 108 cm³/mol. The Hall–Kier alpha value is -2.82. The summed E-state index contributed by atoms with van der Waals surface area (Å²) in [6, 6.07) is 14.7. The molecule has 0 heterocycles. The summed E-state index contributed by atoms with van der Waals surface area (Å²) in [5.74, 6) is 1.12. The summed E-state index contributed by atoms with van der Waals surface area (Å²) >= 11 is 0. The number of hydrogen-bond acceptors (Lipinski definition) is 3. The lowest BCUT2D eigenvalue weighted by Crippen LogP contribution is -2.21. The van der Waals surface area contributed by atoms with Crippen LogP contribution >= 0.6 is 0 Å². The Balaban J connectivity index is 1.95. The number of aryl methyl sites for hydroxylation is 1. The van der Waals surface area contributed by atoms with Gasteiger partial charge in [0.15, 0.2) is 0 Å². The molecule has 1 N–H and O–H groups in total. The second-order valence-corrected chi connectivity index (χ2v) is 7.17. The molecule has 0 saturated heterocycles. The number of rotatable bonds is 8. The number of benzene rings is 2. The fraction of sp³-hybridized carbons (Fsp3) is 0.364. The number of amides is 2. The van der Waals surface area contributed by atoms with Crippen molar-refractivity contribution in [2.45, 2.75) is 26.7 Å². The van der Waals surface area contributed by atoms with E-state index >= 15 is 0 Å². The lowest BCUT2D eigenvalue weighted by molar-refractivity contribution is -0.128. The molecule has 2 aromatic carbocycles. The lowest BCUT2D eigenvalue weighted by atomic mass is 10.1. The molecule has 0 atom stereocenters. The fourth-order valence-electron chi connectivity index (χ4n) is 2.45. The largest absolute Gasteiger partial charge is 0.493 e. The average Bonchev–Trinajstić information content (AvgIpc) is 2.65. The smallest absolute Gasteiger partial charge is 0.255 e. The molecule has 0 radical (unpaired) electrons. The quantitative estimate of drug-likeness (QED) is 0.766. The lowest BCUT2D eigenvalue weighted by Gasteiger charge is -2.11. The second kappa shape index (κ2) is 9.76. The molecule has 2 aromatic rings. The average molecular weight is 368 g/mol. The Morgan fingerprint density at radius 2 is 1.78 bits per heavy atom. The Labute approximate surface area is 161 Å². The Kier molecular flexibility index (Phi) is 7.41. The summed E-state index contributed by atoms with van der Waals surface area (Å²) in [4.78, 5) is 25.8. The second-order valence-electron chi connectivity index (χ2n) is 7.17. The van der Waals surface area contributed by atoms with E-state index in [0.29, 0.717) is 30.9 Å². The molecule has 2 rings (SSSR count). The molecule has 0 fully saturated rings. The maximum absolute atomic E-state index is 12.4. The normalized spacial score (nSPS) is 10.6. The molecule has 0 aliphatic carbocycles. The van der Waals surface area contributed by atoms with Crippen molar-refractivity contribution in [3.8, 4) is 5.75 Å². The molecule has 0 aliphatic rings. The van der Waals surface area contributed by atoms with E-state index in [1.54, 1.807) is 43.3 Å². The van der Waals surface area contributed by atoms with Gasteiger partial charge in [0.25, 0.3) is 5.91 Å². The summed E-state index contributed by atoms with van der Waals surface area (Å²) in [6.45, 7) is 4.83. The standard InChI is InChI=1S/C22H28N2O3/c1-16(2)15-27-20-11-9-18(10-12-20)22(26)23-19-7-5-6-17(14-19)8-13-21(25)24(3)4/h5-7,9-12,14,16H,8,13,15H2,1-4H3,(H,23,26). The van der Waals surface area contributed by atoms with Gasteiger partial charge in [-0.25, -0.2) is 0 Å². The highest BCUT2D eigenvalue weighted by Crippen LogP contribution is 2.17. The first-order valence-corrected chi connectivity index (χ1v) is 9.18. The number of hydrogen-bond donors (Lipinski definition) is 1. The SMILES string of the molecule is CC(C)COc1ccc(C(=O)Nc2cccc(CCC(=O)N(C)C)c2)cc1. The van der Waals surface area contributed by atoms with Gasteiger partial charge in [0, 0.05) is 31.8 Å². The summed E-state index contributed by atoms with van der Waals surface area (Å²) < 4.78 is 5.64. The van der Waals surface area contributed by atoms with Crippen LogP contribution in [0.4, 0.5) is 5.69 Å². The van der Waals surface area contributed by atoms with Crippen LogP contribution in [0, 0.1) is 5.92 Å². The van der Waals surface area contributed by atoms with Crippen molar-refractivity contribution in [2.75, 3.05) is 26.0 Å². The van der Waals surface area contributed by atoms with Crippen molar-refractivity contribution in [3.63, 3.8) is 0 Å². The van der Waals surface area contributed by atoms with E-state index < -0.39 is 0 Å². The molecule has 0 spiro atoms. The molecular formula is C22H28N2O3. The van der Waals surface area contributed by atoms with Crippen LogP contribution in [0.25, 0.3) is 0 Å². The van der Waals surface area contributed by atoms with Crippen LogP contribution in [0.5, 0.6) is 5.75 Å². The van der Waals surface area contributed by atoms with E-state index in [9.17, 15) is 9.59 Å². The molecule has 5 heteroatoms. The van der Waals surface area contributed by atoms with Crippen molar-refractivity contribution in [1.82, 2.24) is 4.90 Å². The minimum absolute atomic E-state index is 0.0872. The molecular weight excluding hydrogens is 340 g/mol. The molecule has 0 unspecified atom stereocenters. The highest BCUT2D eigenvalue weighted by molar-refractivity contribution is 6.04. The monoisotopic (exact) mass is 368 g/mol. The van der Waals surface area contributed by atoms with Gasteiger partial charge in [-0.15, -0.1) is 0 Å². The topological polar surface area (TPSA) is 58.6 Å². The summed E-state index contributed by atoms with van der Waals surface area (Å²) in [7, 11) is 3.50. The first-order valence-electron chi connectivity index (χ1n) is 9.18. The zero-order chi connectivity index (χ0) is 19.8. The van der Waals surface area contributed by atoms with Crippen molar-refractivity contribution >= 4 is 17.5 Å². The fourth-order valence-corrected chi connectivity index (χ4v) is 2.45. The number of nitrogens with one attached hydrogen (secondary N) is 1. The molecule has 0 aliphatic heterocycles. The van der Waals surface area contributed by atoms with Crippen LogP contribution in [-0.4, -0.2) is 37.4 Å². The van der Waals surface area contributed by atoms with E-state index in [1.807, 2.05) is 24.3 Å². The molecule has 5 nitrogen and oxygen atoms in total. The maximum atomic E-state index is 12.4. The van der Waals surface area contributed by atoms with Crippen LogP contribution in [0.2, 0.25) is 0 Å². The van der Waals surface area contributed by atoms with Crippen LogP contribution in [0.15, 0.2) is 48.5 Å². The number of ether oxygens (including phenoxy) is 1. The minimum Gasteiger partial charge on any atom is -0.493 e. The molecule has 144 valence electrons. The third-order valence-electron chi connectivity index (χ3n) is 4.01. The van der Waals surface area contributed by atoms with Crippen molar-refractivity contribution < 1.29 is 14.3 Å². The van der Waals surface area contributed by atoms with Crippen LogP contribution in [0.1, 0.15) is 36.2 Å². The Morgan fingerprint density at radius 1 is 1.07 bits per heavy atom. The molecule has 0 saturated carbocycles. The Morgan fingerprint density at radius 3 is 2.41 bits per heavy atom. The van der Waals surface area contributed by atoms with Crippen molar-refractivity contribution in [1.29, 1.82) is 0 Å². The van der Waals surface area contributed by atoms with Crippen molar-refractivity contribution in [2.24, 2.45) is 5.92 Å². The van der Waals surface area contributed by atoms with Gasteiger partial charge in [0.1, 0.15) is 5.75 Å². The number of carbonyl (C=O) groups excluding carboxylic acids is 2. The van der Waals surface area contributed by atoms with Crippen LogP contribution in [-0.2, 0) is 11.2 Å². The van der Waals surface area contributed by atoms with E-state index in [1.165, 1.54) is 0 Å². The maximum Gasteiger partial charge on any atom is 0.255 e. The minimum atomic E-state index is -0.174. The molecule has 2 amide bonds. The molecule has 27 heavy (non-hydrogen) atoms. The third kappa shape index (κ3) is 6.77. The van der Waals surface area contributed by atoms with Crippen LogP contribution in [0.3, 0.4) is 0 Å². The van der Waals surface area contributed by atoms with Gasteiger partial charge in [-0.2, -0.15) is 0 Å². The predicted octanol–water partition coefficient (Wildman–Crippen LogP) is 3.99. The van der Waals surface area contributed by atoms with E-state index in [-0.39, 0.29) is 11.8 Å². The molecule has 0 bridgehead atoms. The number of carbonyl (C=O) groups is 2. The van der Waals surface area contributed by atoms with Crippen LogP contribution < -0.4 is 10.1 Å². The third-order valence-corrected chi connectivity index (χ3v) is 4.01. The van der Waals surface area contributed by atoms with Gasteiger partial charge in [0.05, 0.1) is 6.61 Å². The highest BCUT2D eigenvalue weighted by Gasteiger charge is 2.08. The highest BCUT2D eigenvalue weighted by atomic mass is 16.5. The zero-order valence-corrected chi connectivity index (χ0v) is 16.5. The number of nitrogens with zero attached hydrogens (tertiary/aromatic N) is 1. The van der Waals surface area contributed by atoms with Crippen molar-refractivity contribution in [3.05, 3.63) is 59.7 Å². The Bertz CT molecular complexity index is 767. The van der Waals surface area contributed by atoms with Gasteiger partial charge >= 0.3 is 0 Å². The zero-order valence-electron chi connectivity index (χ0n) is 16.5. The first-order chi connectivity index (χ1) is 12.8. The van der Waals surface area contributed by atoms with Gasteiger partial charge in [-0.1, -0.05) is 26.0 Å². The van der Waals surface area contributed by atoms with Gasteiger partial charge in [-0.3, -0.25) is 9.59 Å². The summed E-state index contributed by atoms with van der Waals surface area (Å²) in [6.07, 6.45) is 1.09. The summed E-state index contributed by atoms with van der Waals surface area (Å²) in [5, 5.41) is 2.90. The van der Waals surface area contributed by atoms with Gasteiger partial charge in [0.2, 0.25) is 5.91 Å². The molecule has 0 aromatic heterocycles.